The van der Waals surface area contributed by atoms with Gasteiger partial charge in [0.1, 0.15) is 5.76 Å². The Morgan fingerprint density at radius 2 is 2.12 bits per heavy atom. The fourth-order valence-corrected chi connectivity index (χ4v) is 0.571. The molecule has 2 nitrogen and oxygen atoms in total. The van der Waals surface area contributed by atoms with E-state index >= 15 is 0 Å². The highest BCUT2D eigenvalue weighted by Gasteiger charge is 2.12. The quantitative estimate of drug-likeness (QED) is 0.468. The average Bonchev–Trinajstić information content (AvgIpc) is 1.98. The molecular weight excluding hydrogens is 102 g/mol. The van der Waals surface area contributed by atoms with Crippen molar-refractivity contribution in [2.45, 2.75) is 13.8 Å². The Hall–Kier alpha value is -0.660. The lowest BCUT2D eigenvalue weighted by Gasteiger charge is -2.05. The molecule has 1 heterocycles. The van der Waals surface area contributed by atoms with E-state index < -0.39 is 0 Å². The molecular formula is C6H10NO. The van der Waals surface area contributed by atoms with Crippen LogP contribution in [0, 0.1) is 6.73 Å². The third kappa shape index (κ3) is 0.661. The third-order valence-corrected chi connectivity index (χ3v) is 1.43. The summed E-state index contributed by atoms with van der Waals surface area (Å²) in [4.78, 5) is 1.95. The molecule has 1 rings (SSSR count). The normalized spacial score (nSPS) is 19.6. The number of hydrogen-bond donors (Lipinski definition) is 0. The van der Waals surface area contributed by atoms with E-state index in [1.54, 1.807) is 6.73 Å². The number of rotatable bonds is 0. The summed E-state index contributed by atoms with van der Waals surface area (Å²) in [6, 6.07) is 0. The average molecular weight is 112 g/mol. The number of nitrogens with zero attached hydrogens (tertiary/aromatic N) is 1. The Morgan fingerprint density at radius 3 is 2.25 bits per heavy atom. The van der Waals surface area contributed by atoms with Crippen molar-refractivity contribution >= 4 is 0 Å². The van der Waals surface area contributed by atoms with Crippen LogP contribution in [0.25, 0.3) is 0 Å². The molecule has 0 saturated heterocycles. The van der Waals surface area contributed by atoms with Crippen LogP contribution in [0.15, 0.2) is 11.5 Å². The molecule has 1 radical (unpaired) electrons. The molecule has 0 aromatic rings. The number of ether oxygens (including phenoxy) is 1. The summed E-state index contributed by atoms with van der Waals surface area (Å²) in [5.74, 6) is 0.993. The van der Waals surface area contributed by atoms with Crippen molar-refractivity contribution in [2.24, 2.45) is 0 Å². The van der Waals surface area contributed by atoms with Gasteiger partial charge in [-0.3, -0.25) is 0 Å². The van der Waals surface area contributed by atoms with Crippen molar-refractivity contribution < 1.29 is 4.74 Å². The van der Waals surface area contributed by atoms with Crippen LogP contribution in [0.2, 0.25) is 0 Å². The minimum atomic E-state index is 0.993. The van der Waals surface area contributed by atoms with Crippen molar-refractivity contribution in [1.29, 1.82) is 0 Å². The Bertz CT molecular complexity index is 128. The van der Waals surface area contributed by atoms with E-state index in [1.807, 2.05) is 25.8 Å². The first kappa shape index (κ1) is 5.48. The second-order valence-corrected chi connectivity index (χ2v) is 1.98. The highest BCUT2D eigenvalue weighted by atomic mass is 16.5. The van der Waals surface area contributed by atoms with Gasteiger partial charge in [0.05, 0.1) is 5.70 Å². The third-order valence-electron chi connectivity index (χ3n) is 1.43. The summed E-state index contributed by atoms with van der Waals surface area (Å²) in [6.45, 7) is 5.68. The summed E-state index contributed by atoms with van der Waals surface area (Å²) in [7, 11) is 1.96. The van der Waals surface area contributed by atoms with Gasteiger partial charge in [-0.2, -0.15) is 0 Å². The summed E-state index contributed by atoms with van der Waals surface area (Å²) >= 11 is 0. The lowest BCUT2D eigenvalue weighted by atomic mass is 10.4. The van der Waals surface area contributed by atoms with Gasteiger partial charge in [0.25, 0.3) is 0 Å². The molecule has 0 aliphatic carbocycles. The van der Waals surface area contributed by atoms with Gasteiger partial charge < -0.3 is 9.64 Å². The van der Waals surface area contributed by atoms with E-state index in [0.29, 0.717) is 0 Å². The van der Waals surface area contributed by atoms with Gasteiger partial charge in [-0.1, -0.05) is 0 Å². The van der Waals surface area contributed by atoms with Crippen LogP contribution < -0.4 is 0 Å². The van der Waals surface area contributed by atoms with Gasteiger partial charge in [0.2, 0.25) is 6.73 Å². The largest absolute Gasteiger partial charge is 0.467 e. The minimum Gasteiger partial charge on any atom is -0.467 e. The van der Waals surface area contributed by atoms with Crippen LogP contribution in [0.4, 0.5) is 0 Å². The van der Waals surface area contributed by atoms with E-state index in [-0.39, 0.29) is 0 Å². The minimum absolute atomic E-state index is 0.993. The van der Waals surface area contributed by atoms with Gasteiger partial charge in [-0.25, -0.2) is 0 Å². The van der Waals surface area contributed by atoms with Crippen molar-refractivity contribution in [3.8, 4) is 0 Å². The van der Waals surface area contributed by atoms with Gasteiger partial charge in [0, 0.05) is 7.05 Å². The van der Waals surface area contributed by atoms with E-state index in [1.165, 1.54) is 5.70 Å². The second kappa shape index (κ2) is 1.69. The van der Waals surface area contributed by atoms with E-state index in [9.17, 15) is 0 Å². The molecule has 0 N–H and O–H groups in total. The van der Waals surface area contributed by atoms with Crippen LogP contribution in [-0.4, -0.2) is 11.9 Å². The first-order valence-corrected chi connectivity index (χ1v) is 2.62. The molecule has 45 valence electrons. The molecule has 0 aromatic carbocycles. The Morgan fingerprint density at radius 1 is 1.50 bits per heavy atom. The Labute approximate surface area is 49.7 Å². The van der Waals surface area contributed by atoms with E-state index in [2.05, 4.69) is 0 Å². The molecule has 0 amide bonds. The van der Waals surface area contributed by atoms with E-state index in [0.717, 1.165) is 5.76 Å². The summed E-state index contributed by atoms with van der Waals surface area (Å²) in [5, 5.41) is 0. The van der Waals surface area contributed by atoms with Crippen molar-refractivity contribution in [2.75, 3.05) is 7.05 Å². The summed E-state index contributed by atoms with van der Waals surface area (Å²) in [5.41, 5.74) is 1.19. The molecule has 0 unspecified atom stereocenters. The zero-order valence-electron chi connectivity index (χ0n) is 5.43. The molecule has 2 heteroatoms. The van der Waals surface area contributed by atoms with Crippen LogP contribution in [0.3, 0.4) is 0 Å². The Kier molecular flexibility index (Phi) is 1.16. The predicted octanol–water partition coefficient (Wildman–Crippen LogP) is 1.32. The number of allylic oxidation sites excluding steroid dienone is 2. The first-order valence-electron chi connectivity index (χ1n) is 2.62. The zero-order chi connectivity index (χ0) is 6.15. The fraction of sp³-hybridized carbons (Fsp3) is 0.500. The summed E-state index contributed by atoms with van der Waals surface area (Å²) < 4.78 is 5.06. The van der Waals surface area contributed by atoms with Crippen LogP contribution >= 0.6 is 0 Å². The highest BCUT2D eigenvalue weighted by Crippen LogP contribution is 2.18. The van der Waals surface area contributed by atoms with Gasteiger partial charge in [-0.15, -0.1) is 0 Å². The molecule has 1 aliphatic rings. The van der Waals surface area contributed by atoms with Gasteiger partial charge in [0.15, 0.2) is 0 Å². The van der Waals surface area contributed by atoms with Crippen molar-refractivity contribution in [3.63, 3.8) is 0 Å². The predicted molar refractivity (Wildman–Crippen MR) is 31.5 cm³/mol. The van der Waals surface area contributed by atoms with E-state index in [4.69, 9.17) is 4.74 Å². The number of hydrogen-bond acceptors (Lipinski definition) is 2. The Balaban J connectivity index is 2.71. The SMILES string of the molecule is CC1=C(C)N(C)[CH]O1. The summed E-state index contributed by atoms with van der Waals surface area (Å²) in [6.07, 6.45) is 0. The molecule has 0 atom stereocenters. The van der Waals surface area contributed by atoms with Gasteiger partial charge in [-0.05, 0) is 13.8 Å². The molecule has 0 saturated carbocycles. The van der Waals surface area contributed by atoms with Crippen LogP contribution in [0.1, 0.15) is 13.8 Å². The lowest BCUT2D eigenvalue weighted by molar-refractivity contribution is 0.252. The smallest absolute Gasteiger partial charge is 0.228 e. The maximum atomic E-state index is 5.06. The standard InChI is InChI=1S/C6H10NO/c1-5-6(2)8-4-7(5)3/h4H,1-3H3. The van der Waals surface area contributed by atoms with Gasteiger partial charge >= 0.3 is 0 Å². The lowest BCUT2D eigenvalue weighted by Crippen LogP contribution is -2.05. The molecule has 0 fully saturated rings. The molecule has 0 bridgehead atoms. The van der Waals surface area contributed by atoms with Crippen molar-refractivity contribution in [1.82, 2.24) is 4.90 Å². The van der Waals surface area contributed by atoms with Crippen LogP contribution in [-0.2, 0) is 4.74 Å². The second-order valence-electron chi connectivity index (χ2n) is 1.98. The molecule has 0 spiro atoms. The maximum absolute atomic E-state index is 5.06. The monoisotopic (exact) mass is 112 g/mol. The molecule has 0 aromatic heterocycles. The van der Waals surface area contributed by atoms with Crippen molar-refractivity contribution in [3.05, 3.63) is 18.2 Å². The fourth-order valence-electron chi connectivity index (χ4n) is 0.571. The first-order chi connectivity index (χ1) is 3.72. The topological polar surface area (TPSA) is 12.5 Å². The zero-order valence-corrected chi connectivity index (χ0v) is 5.43. The molecule has 1 aliphatic heterocycles. The highest BCUT2D eigenvalue weighted by molar-refractivity contribution is 5.07. The maximum Gasteiger partial charge on any atom is 0.228 e. The molecule has 8 heavy (non-hydrogen) atoms. The van der Waals surface area contributed by atoms with Crippen LogP contribution in [0.5, 0.6) is 0 Å².